The van der Waals surface area contributed by atoms with Crippen LogP contribution in [0.25, 0.3) is 0 Å². The number of rotatable bonds is 7. The van der Waals surface area contributed by atoms with Crippen molar-refractivity contribution in [2.24, 2.45) is 5.10 Å². The molecule has 0 amide bonds. The molecular formula is C21H18Cl2N2O. The Hall–Kier alpha value is -2.49. The quantitative estimate of drug-likeness (QED) is 0.418. The maximum atomic E-state index is 6.15. The third-order valence-corrected chi connectivity index (χ3v) is 4.33. The molecule has 0 saturated carbocycles. The molecule has 3 nitrogen and oxygen atoms in total. The van der Waals surface area contributed by atoms with Crippen molar-refractivity contribution < 1.29 is 4.74 Å². The second-order valence-electron chi connectivity index (χ2n) is 5.67. The Morgan fingerprint density at radius 2 is 1.73 bits per heavy atom. The predicted molar refractivity (Wildman–Crippen MR) is 108 cm³/mol. The monoisotopic (exact) mass is 384 g/mol. The second-order valence-corrected chi connectivity index (χ2v) is 6.52. The summed E-state index contributed by atoms with van der Waals surface area (Å²) in [7, 11) is 0. The number of ether oxygens (including phenoxy) is 1. The first kappa shape index (κ1) is 18.3. The lowest BCUT2D eigenvalue weighted by Gasteiger charge is -2.08. The molecule has 1 N–H and O–H groups in total. The van der Waals surface area contributed by atoms with Crippen molar-refractivity contribution in [1.29, 1.82) is 0 Å². The fourth-order valence-corrected chi connectivity index (χ4v) is 2.64. The lowest BCUT2D eigenvalue weighted by Crippen LogP contribution is -2.05. The van der Waals surface area contributed by atoms with Crippen LogP contribution in [0.1, 0.15) is 16.7 Å². The highest BCUT2D eigenvalue weighted by molar-refractivity contribution is 6.31. The molecule has 0 aliphatic heterocycles. The van der Waals surface area contributed by atoms with Gasteiger partial charge in [-0.25, -0.2) is 0 Å². The molecule has 0 aliphatic rings. The number of hydrogen-bond acceptors (Lipinski definition) is 3. The van der Waals surface area contributed by atoms with Crippen LogP contribution in [0.15, 0.2) is 77.9 Å². The molecule has 0 spiro atoms. The minimum absolute atomic E-state index is 0.426. The van der Waals surface area contributed by atoms with E-state index in [1.807, 2.05) is 72.8 Å². The van der Waals surface area contributed by atoms with E-state index >= 15 is 0 Å². The summed E-state index contributed by atoms with van der Waals surface area (Å²) in [5, 5.41) is 5.68. The van der Waals surface area contributed by atoms with Gasteiger partial charge in [-0.15, -0.1) is 0 Å². The summed E-state index contributed by atoms with van der Waals surface area (Å²) >= 11 is 12.0. The van der Waals surface area contributed by atoms with Crippen molar-refractivity contribution in [3.05, 3.63) is 99.5 Å². The number of nitrogens with one attached hydrogen (secondary N) is 1. The zero-order valence-electron chi connectivity index (χ0n) is 14.0. The molecule has 0 aromatic heterocycles. The van der Waals surface area contributed by atoms with Crippen LogP contribution in [0.5, 0.6) is 5.75 Å². The zero-order valence-corrected chi connectivity index (χ0v) is 15.5. The van der Waals surface area contributed by atoms with E-state index in [0.717, 1.165) is 27.5 Å². The SMILES string of the molecule is Clc1ccc(CN/N=C\c2cccc(OCc3ccccc3Cl)c2)cc1. The molecule has 3 aromatic carbocycles. The normalized spacial score (nSPS) is 10.8. The van der Waals surface area contributed by atoms with Crippen molar-refractivity contribution in [3.63, 3.8) is 0 Å². The van der Waals surface area contributed by atoms with Crippen molar-refractivity contribution in [2.75, 3.05) is 0 Å². The molecule has 3 rings (SSSR count). The minimum atomic E-state index is 0.426. The highest BCUT2D eigenvalue weighted by Crippen LogP contribution is 2.19. The number of benzene rings is 3. The average Bonchev–Trinajstić information content (AvgIpc) is 2.66. The highest BCUT2D eigenvalue weighted by atomic mass is 35.5. The van der Waals surface area contributed by atoms with Crippen LogP contribution < -0.4 is 10.2 Å². The molecule has 0 radical (unpaired) electrons. The van der Waals surface area contributed by atoms with Crippen LogP contribution >= 0.6 is 23.2 Å². The first-order chi connectivity index (χ1) is 12.7. The fraction of sp³-hybridized carbons (Fsp3) is 0.0952. The van der Waals surface area contributed by atoms with Gasteiger partial charge in [0, 0.05) is 15.6 Å². The van der Waals surface area contributed by atoms with Gasteiger partial charge in [0.1, 0.15) is 12.4 Å². The van der Waals surface area contributed by atoms with Crippen molar-refractivity contribution in [3.8, 4) is 5.75 Å². The van der Waals surface area contributed by atoms with Crippen molar-refractivity contribution >= 4 is 29.4 Å². The minimum Gasteiger partial charge on any atom is -0.489 e. The molecule has 0 aliphatic carbocycles. The molecule has 0 heterocycles. The third kappa shape index (κ3) is 5.51. The van der Waals surface area contributed by atoms with Gasteiger partial charge < -0.3 is 10.2 Å². The van der Waals surface area contributed by atoms with Gasteiger partial charge in [0.25, 0.3) is 0 Å². The van der Waals surface area contributed by atoms with E-state index in [2.05, 4.69) is 10.5 Å². The fourth-order valence-electron chi connectivity index (χ4n) is 2.32. The lowest BCUT2D eigenvalue weighted by molar-refractivity contribution is 0.306. The van der Waals surface area contributed by atoms with E-state index in [1.165, 1.54) is 0 Å². The van der Waals surface area contributed by atoms with Gasteiger partial charge in [-0.05, 0) is 41.5 Å². The van der Waals surface area contributed by atoms with Gasteiger partial charge in [-0.3, -0.25) is 0 Å². The maximum absolute atomic E-state index is 6.15. The maximum Gasteiger partial charge on any atom is 0.120 e. The summed E-state index contributed by atoms with van der Waals surface area (Å²) in [5.74, 6) is 0.770. The van der Waals surface area contributed by atoms with Crippen LogP contribution in [-0.4, -0.2) is 6.21 Å². The topological polar surface area (TPSA) is 33.6 Å². The Bertz CT molecular complexity index is 879. The second kappa shape index (κ2) is 9.27. The molecule has 132 valence electrons. The van der Waals surface area contributed by atoms with E-state index in [-0.39, 0.29) is 0 Å². The molecule has 5 heteroatoms. The lowest BCUT2D eigenvalue weighted by atomic mass is 10.2. The summed E-state index contributed by atoms with van der Waals surface area (Å²) in [6.45, 7) is 1.06. The van der Waals surface area contributed by atoms with E-state index in [4.69, 9.17) is 27.9 Å². The first-order valence-corrected chi connectivity index (χ1v) is 8.93. The highest BCUT2D eigenvalue weighted by Gasteiger charge is 2.01. The number of hydrogen-bond donors (Lipinski definition) is 1. The van der Waals surface area contributed by atoms with E-state index in [1.54, 1.807) is 6.21 Å². The number of halogens is 2. The molecular weight excluding hydrogens is 367 g/mol. The van der Waals surface area contributed by atoms with Gasteiger partial charge in [0.15, 0.2) is 0 Å². The molecule has 0 fully saturated rings. The van der Waals surface area contributed by atoms with Gasteiger partial charge in [0.2, 0.25) is 0 Å². The zero-order chi connectivity index (χ0) is 18.2. The number of nitrogens with zero attached hydrogens (tertiary/aromatic N) is 1. The van der Waals surface area contributed by atoms with E-state index in [9.17, 15) is 0 Å². The Morgan fingerprint density at radius 3 is 2.54 bits per heavy atom. The summed E-state index contributed by atoms with van der Waals surface area (Å²) in [6.07, 6.45) is 1.76. The van der Waals surface area contributed by atoms with Gasteiger partial charge >= 0.3 is 0 Å². The summed E-state index contributed by atoms with van der Waals surface area (Å²) < 4.78 is 5.82. The third-order valence-electron chi connectivity index (χ3n) is 3.71. The van der Waals surface area contributed by atoms with Crippen LogP contribution in [0.3, 0.4) is 0 Å². The molecule has 0 atom stereocenters. The molecule has 0 saturated heterocycles. The Balaban J connectivity index is 1.53. The van der Waals surface area contributed by atoms with Gasteiger partial charge in [-0.2, -0.15) is 5.10 Å². The molecule has 26 heavy (non-hydrogen) atoms. The summed E-state index contributed by atoms with van der Waals surface area (Å²) in [6, 6.07) is 23.1. The van der Waals surface area contributed by atoms with Crippen LogP contribution in [0.2, 0.25) is 10.0 Å². The summed E-state index contributed by atoms with van der Waals surface area (Å²) in [4.78, 5) is 0. The van der Waals surface area contributed by atoms with Crippen LogP contribution in [0, 0.1) is 0 Å². The Kier molecular flexibility index (Phi) is 6.53. The Labute approximate surface area is 163 Å². The first-order valence-electron chi connectivity index (χ1n) is 8.17. The summed E-state index contributed by atoms with van der Waals surface area (Å²) in [5.41, 5.74) is 6.04. The van der Waals surface area contributed by atoms with Gasteiger partial charge in [-0.1, -0.05) is 65.7 Å². The smallest absolute Gasteiger partial charge is 0.120 e. The van der Waals surface area contributed by atoms with E-state index < -0.39 is 0 Å². The van der Waals surface area contributed by atoms with Crippen LogP contribution in [0.4, 0.5) is 0 Å². The van der Waals surface area contributed by atoms with Gasteiger partial charge in [0.05, 0.1) is 12.8 Å². The van der Waals surface area contributed by atoms with Crippen molar-refractivity contribution in [1.82, 2.24) is 5.43 Å². The van der Waals surface area contributed by atoms with Crippen molar-refractivity contribution in [2.45, 2.75) is 13.2 Å². The molecule has 0 bridgehead atoms. The average molecular weight is 385 g/mol. The number of hydrazone groups is 1. The standard InChI is InChI=1S/C21H18Cl2N2O/c22-19-10-8-16(9-11-19)13-24-25-14-17-4-3-6-20(12-17)26-15-18-5-1-2-7-21(18)23/h1-12,14,24H,13,15H2/b25-14-. The largest absolute Gasteiger partial charge is 0.489 e. The molecule has 3 aromatic rings. The predicted octanol–water partition coefficient (Wildman–Crippen LogP) is 5.70. The molecule has 0 unspecified atom stereocenters. The van der Waals surface area contributed by atoms with Crippen LogP contribution in [-0.2, 0) is 13.2 Å². The Morgan fingerprint density at radius 1 is 0.923 bits per heavy atom. The van der Waals surface area contributed by atoms with E-state index in [0.29, 0.717) is 18.2 Å².